The summed E-state index contributed by atoms with van der Waals surface area (Å²) in [5, 5.41) is 14.0. The highest BCUT2D eigenvalue weighted by Crippen LogP contribution is 2.27. The Morgan fingerprint density at radius 1 is 1.22 bits per heavy atom. The molecule has 0 aliphatic carbocycles. The molecule has 0 saturated carbocycles. The van der Waals surface area contributed by atoms with E-state index in [1.165, 1.54) is 12.1 Å². The monoisotopic (exact) mass is 370 g/mol. The first-order chi connectivity index (χ1) is 12.9. The number of rotatable bonds is 9. The summed E-state index contributed by atoms with van der Waals surface area (Å²) in [5.74, 6) is -0.0625. The van der Waals surface area contributed by atoms with Crippen LogP contribution in [0.3, 0.4) is 0 Å². The molecule has 0 radical (unpaired) electrons. The number of nitrogens with one attached hydrogen (secondary N) is 1. The molecule has 0 spiro atoms. The number of amides is 1. The van der Waals surface area contributed by atoms with Crippen molar-refractivity contribution in [1.82, 2.24) is 5.32 Å². The number of hydrogen-bond acceptors (Lipinski definition) is 5. The lowest BCUT2D eigenvalue weighted by atomic mass is 9.97. The molecule has 0 heterocycles. The van der Waals surface area contributed by atoms with Gasteiger partial charge in [-0.3, -0.25) is 19.7 Å². The van der Waals surface area contributed by atoms with E-state index < -0.39 is 4.92 Å². The lowest BCUT2D eigenvalue weighted by molar-refractivity contribution is -0.385. The Labute approximate surface area is 157 Å². The van der Waals surface area contributed by atoms with Gasteiger partial charge < -0.3 is 10.1 Å². The molecular formula is C20H22N2O5. The Hall–Kier alpha value is -3.22. The van der Waals surface area contributed by atoms with E-state index >= 15 is 0 Å². The van der Waals surface area contributed by atoms with Crippen LogP contribution in [0.1, 0.15) is 42.2 Å². The largest absolute Gasteiger partial charge is 0.477 e. The van der Waals surface area contributed by atoms with Crippen LogP contribution < -0.4 is 10.1 Å². The number of hydrogen-bond donors (Lipinski definition) is 1. The number of nitrogens with zero attached hydrogens (tertiary/aromatic N) is 1. The summed E-state index contributed by atoms with van der Waals surface area (Å²) >= 11 is 0. The number of carbonyl (C=O) groups is 2. The van der Waals surface area contributed by atoms with E-state index in [0.29, 0.717) is 12.2 Å². The molecule has 1 atom stereocenters. The predicted octanol–water partition coefficient (Wildman–Crippen LogP) is 3.69. The number of nitro benzene ring substituents is 1. The first kappa shape index (κ1) is 20.1. The topological polar surface area (TPSA) is 98.5 Å². The minimum atomic E-state index is -0.647. The molecule has 1 amide bonds. The molecule has 2 aromatic carbocycles. The maximum Gasteiger partial charge on any atom is 0.311 e. The van der Waals surface area contributed by atoms with Gasteiger partial charge in [0.25, 0.3) is 5.91 Å². The Balaban J connectivity index is 2.06. The molecule has 142 valence electrons. The van der Waals surface area contributed by atoms with E-state index in [-0.39, 0.29) is 35.6 Å². The number of benzene rings is 2. The maximum atomic E-state index is 12.3. The second-order valence-corrected chi connectivity index (χ2v) is 6.55. The van der Waals surface area contributed by atoms with Gasteiger partial charge in [-0.2, -0.15) is 0 Å². The first-order valence-electron chi connectivity index (χ1n) is 8.61. The fourth-order valence-electron chi connectivity index (χ4n) is 2.69. The van der Waals surface area contributed by atoms with Crippen LogP contribution in [0.4, 0.5) is 5.69 Å². The summed E-state index contributed by atoms with van der Waals surface area (Å²) in [6.45, 7) is 3.77. The molecular weight excluding hydrogens is 348 g/mol. The van der Waals surface area contributed by atoms with Crippen LogP contribution in [-0.4, -0.2) is 23.7 Å². The Kier molecular flexibility index (Phi) is 7.05. The van der Waals surface area contributed by atoms with Crippen molar-refractivity contribution in [2.45, 2.75) is 26.3 Å². The zero-order chi connectivity index (χ0) is 19.8. The van der Waals surface area contributed by atoms with Gasteiger partial charge in [0.1, 0.15) is 6.29 Å². The SMILES string of the molecule is CC(C)C[C@H](NC(=O)COc1ccc(C=O)cc1[N+](=O)[O-])c1ccccc1. The highest BCUT2D eigenvalue weighted by molar-refractivity contribution is 5.79. The second-order valence-electron chi connectivity index (χ2n) is 6.55. The van der Waals surface area contributed by atoms with Gasteiger partial charge in [-0.1, -0.05) is 44.2 Å². The Morgan fingerprint density at radius 3 is 2.52 bits per heavy atom. The van der Waals surface area contributed by atoms with Gasteiger partial charge in [-0.25, -0.2) is 0 Å². The van der Waals surface area contributed by atoms with Crippen molar-refractivity contribution in [2.24, 2.45) is 5.92 Å². The van der Waals surface area contributed by atoms with Gasteiger partial charge in [-0.05, 0) is 30.0 Å². The fraction of sp³-hybridized carbons (Fsp3) is 0.300. The normalized spacial score (nSPS) is 11.7. The maximum absolute atomic E-state index is 12.3. The van der Waals surface area contributed by atoms with Gasteiger partial charge >= 0.3 is 5.69 Å². The van der Waals surface area contributed by atoms with E-state index in [1.54, 1.807) is 0 Å². The van der Waals surface area contributed by atoms with E-state index in [4.69, 9.17) is 4.74 Å². The fourth-order valence-corrected chi connectivity index (χ4v) is 2.69. The molecule has 2 rings (SSSR count). The number of ether oxygens (including phenoxy) is 1. The Bertz CT molecular complexity index is 805. The summed E-state index contributed by atoms with van der Waals surface area (Å²) in [5.41, 5.74) is 0.801. The van der Waals surface area contributed by atoms with Crippen LogP contribution in [0.5, 0.6) is 5.75 Å². The first-order valence-corrected chi connectivity index (χ1v) is 8.61. The van der Waals surface area contributed by atoms with Crippen molar-refractivity contribution in [3.05, 3.63) is 69.8 Å². The third-order valence-electron chi connectivity index (χ3n) is 3.92. The highest BCUT2D eigenvalue weighted by Gasteiger charge is 2.19. The van der Waals surface area contributed by atoms with E-state index in [1.807, 2.05) is 30.3 Å². The zero-order valence-corrected chi connectivity index (χ0v) is 15.3. The van der Waals surface area contributed by atoms with E-state index in [0.717, 1.165) is 18.1 Å². The smallest absolute Gasteiger partial charge is 0.311 e. The molecule has 7 nitrogen and oxygen atoms in total. The molecule has 0 aromatic heterocycles. The van der Waals surface area contributed by atoms with Crippen LogP contribution in [0.25, 0.3) is 0 Å². The quantitative estimate of drug-likeness (QED) is 0.412. The zero-order valence-electron chi connectivity index (χ0n) is 15.3. The lowest BCUT2D eigenvalue weighted by Gasteiger charge is -2.21. The molecule has 7 heteroatoms. The van der Waals surface area contributed by atoms with Crippen molar-refractivity contribution in [1.29, 1.82) is 0 Å². The molecule has 0 aliphatic rings. The molecule has 2 aromatic rings. The summed E-state index contributed by atoms with van der Waals surface area (Å²) in [4.78, 5) is 33.6. The van der Waals surface area contributed by atoms with Crippen LogP contribution in [0.2, 0.25) is 0 Å². The van der Waals surface area contributed by atoms with Gasteiger partial charge in [-0.15, -0.1) is 0 Å². The van der Waals surface area contributed by atoms with Crippen molar-refractivity contribution in [3.63, 3.8) is 0 Å². The van der Waals surface area contributed by atoms with Crippen molar-refractivity contribution >= 4 is 17.9 Å². The summed E-state index contributed by atoms with van der Waals surface area (Å²) in [6, 6.07) is 13.3. The molecule has 0 saturated heterocycles. The van der Waals surface area contributed by atoms with Crippen molar-refractivity contribution < 1.29 is 19.2 Å². The van der Waals surface area contributed by atoms with Gasteiger partial charge in [0, 0.05) is 11.6 Å². The van der Waals surface area contributed by atoms with Gasteiger partial charge in [0.2, 0.25) is 0 Å². The van der Waals surface area contributed by atoms with Gasteiger partial charge in [0.05, 0.1) is 11.0 Å². The van der Waals surface area contributed by atoms with Crippen LogP contribution in [-0.2, 0) is 4.79 Å². The molecule has 27 heavy (non-hydrogen) atoms. The summed E-state index contributed by atoms with van der Waals surface area (Å²) < 4.78 is 5.33. The Morgan fingerprint density at radius 2 is 1.93 bits per heavy atom. The summed E-state index contributed by atoms with van der Waals surface area (Å²) in [6.07, 6.45) is 1.27. The average Bonchev–Trinajstić information content (AvgIpc) is 2.66. The van der Waals surface area contributed by atoms with E-state index in [2.05, 4.69) is 19.2 Å². The van der Waals surface area contributed by atoms with Crippen molar-refractivity contribution in [2.75, 3.05) is 6.61 Å². The third kappa shape index (κ3) is 5.91. The lowest BCUT2D eigenvalue weighted by Crippen LogP contribution is -2.33. The average molecular weight is 370 g/mol. The van der Waals surface area contributed by atoms with Crippen molar-refractivity contribution in [3.8, 4) is 5.75 Å². The molecule has 0 fully saturated rings. The molecule has 0 aliphatic heterocycles. The number of nitro groups is 1. The minimum absolute atomic E-state index is 0.0547. The van der Waals surface area contributed by atoms with Crippen LogP contribution in [0, 0.1) is 16.0 Å². The standard InChI is InChI=1S/C20H22N2O5/c1-14(2)10-17(16-6-4-3-5-7-16)21-20(24)13-27-19-9-8-15(12-23)11-18(19)22(25)26/h3-9,11-12,14,17H,10,13H2,1-2H3,(H,21,24)/t17-/m0/s1. The third-order valence-corrected chi connectivity index (χ3v) is 3.92. The molecule has 0 unspecified atom stereocenters. The predicted molar refractivity (Wildman–Crippen MR) is 101 cm³/mol. The van der Waals surface area contributed by atoms with E-state index in [9.17, 15) is 19.7 Å². The highest BCUT2D eigenvalue weighted by atomic mass is 16.6. The molecule has 0 bridgehead atoms. The molecule has 1 N–H and O–H groups in total. The summed E-state index contributed by atoms with van der Waals surface area (Å²) in [7, 11) is 0. The van der Waals surface area contributed by atoms with Gasteiger partial charge in [0.15, 0.2) is 12.4 Å². The minimum Gasteiger partial charge on any atom is -0.477 e. The number of carbonyl (C=O) groups excluding carboxylic acids is 2. The second kappa shape index (κ2) is 9.47. The van der Waals surface area contributed by atoms with Crippen LogP contribution >= 0.6 is 0 Å². The number of aldehydes is 1. The van der Waals surface area contributed by atoms with Crippen LogP contribution in [0.15, 0.2) is 48.5 Å².